The van der Waals surface area contributed by atoms with Crippen molar-refractivity contribution in [2.75, 3.05) is 6.54 Å². The second-order valence-corrected chi connectivity index (χ2v) is 4.06. The van der Waals surface area contributed by atoms with Crippen LogP contribution in [-0.2, 0) is 19.9 Å². The van der Waals surface area contributed by atoms with Crippen LogP contribution in [0, 0.1) is 0 Å². The van der Waals surface area contributed by atoms with Crippen LogP contribution in [0.1, 0.15) is 18.3 Å². The lowest BCUT2D eigenvalue weighted by Crippen LogP contribution is -2.08. The second-order valence-electron chi connectivity index (χ2n) is 4.06. The molecule has 90 valence electrons. The average molecular weight is 230 g/mol. The van der Waals surface area contributed by atoms with Gasteiger partial charge in [0, 0.05) is 19.0 Å². The van der Waals surface area contributed by atoms with Gasteiger partial charge in [-0.15, -0.1) is 0 Å². The van der Waals surface area contributed by atoms with E-state index < -0.39 is 0 Å². The maximum absolute atomic E-state index is 5.53. The van der Waals surface area contributed by atoms with Crippen molar-refractivity contribution in [1.82, 2.24) is 14.8 Å². The van der Waals surface area contributed by atoms with Crippen molar-refractivity contribution in [2.24, 2.45) is 12.8 Å². The molecule has 0 bridgehead atoms. The smallest absolute Gasteiger partial charge is 0.181 e. The minimum absolute atomic E-state index is 0.598. The molecule has 0 radical (unpaired) electrons. The maximum atomic E-state index is 5.53. The Labute approximate surface area is 101 Å². The molecule has 2 rings (SSSR count). The fourth-order valence-corrected chi connectivity index (χ4v) is 1.78. The standard InChI is InChI=1S/C13H18N4/c1-3-10-4-6-11(7-5-10)13-15-12(8-9-14)17(2)16-13/h4-7H,3,8-9,14H2,1-2H3. The van der Waals surface area contributed by atoms with Crippen molar-refractivity contribution in [3.05, 3.63) is 35.7 Å². The number of hydrogen-bond donors (Lipinski definition) is 1. The van der Waals surface area contributed by atoms with Crippen molar-refractivity contribution >= 4 is 0 Å². The minimum atomic E-state index is 0.598. The van der Waals surface area contributed by atoms with Crippen LogP contribution in [0.25, 0.3) is 11.4 Å². The first kappa shape index (κ1) is 11.8. The highest BCUT2D eigenvalue weighted by atomic mass is 15.3. The van der Waals surface area contributed by atoms with Crippen LogP contribution in [0.3, 0.4) is 0 Å². The first-order chi connectivity index (χ1) is 8.24. The predicted molar refractivity (Wildman–Crippen MR) is 68.6 cm³/mol. The van der Waals surface area contributed by atoms with Crippen LogP contribution in [0.2, 0.25) is 0 Å². The zero-order chi connectivity index (χ0) is 12.3. The van der Waals surface area contributed by atoms with Crippen LogP contribution in [0.5, 0.6) is 0 Å². The summed E-state index contributed by atoms with van der Waals surface area (Å²) in [6.45, 7) is 2.74. The Morgan fingerprint density at radius 2 is 1.94 bits per heavy atom. The van der Waals surface area contributed by atoms with Gasteiger partial charge < -0.3 is 5.73 Å². The largest absolute Gasteiger partial charge is 0.330 e. The summed E-state index contributed by atoms with van der Waals surface area (Å²) >= 11 is 0. The molecule has 4 heteroatoms. The summed E-state index contributed by atoms with van der Waals surface area (Å²) in [5, 5.41) is 4.40. The van der Waals surface area contributed by atoms with Gasteiger partial charge in [-0.1, -0.05) is 31.2 Å². The molecule has 0 spiro atoms. The van der Waals surface area contributed by atoms with Gasteiger partial charge in [0.2, 0.25) is 0 Å². The summed E-state index contributed by atoms with van der Waals surface area (Å²) in [5.74, 6) is 1.71. The van der Waals surface area contributed by atoms with Gasteiger partial charge >= 0.3 is 0 Å². The molecule has 1 aromatic carbocycles. The van der Waals surface area contributed by atoms with Crippen LogP contribution in [0.4, 0.5) is 0 Å². The van der Waals surface area contributed by atoms with Crippen molar-refractivity contribution in [3.63, 3.8) is 0 Å². The molecule has 0 atom stereocenters. The van der Waals surface area contributed by atoms with Crippen LogP contribution in [0.15, 0.2) is 24.3 Å². The van der Waals surface area contributed by atoms with Crippen molar-refractivity contribution in [1.29, 1.82) is 0 Å². The molecular formula is C13H18N4. The number of hydrogen-bond acceptors (Lipinski definition) is 3. The summed E-state index contributed by atoms with van der Waals surface area (Å²) < 4.78 is 1.80. The molecule has 2 N–H and O–H groups in total. The zero-order valence-electron chi connectivity index (χ0n) is 10.3. The van der Waals surface area contributed by atoms with Gasteiger partial charge in [0.25, 0.3) is 0 Å². The Morgan fingerprint density at radius 1 is 1.24 bits per heavy atom. The maximum Gasteiger partial charge on any atom is 0.181 e. The Balaban J connectivity index is 2.29. The third kappa shape index (κ3) is 2.53. The van der Waals surface area contributed by atoms with Gasteiger partial charge in [-0.2, -0.15) is 5.10 Å². The first-order valence-electron chi connectivity index (χ1n) is 5.94. The van der Waals surface area contributed by atoms with Gasteiger partial charge in [-0.25, -0.2) is 4.98 Å². The van der Waals surface area contributed by atoms with Crippen molar-refractivity contribution < 1.29 is 0 Å². The van der Waals surface area contributed by atoms with E-state index >= 15 is 0 Å². The monoisotopic (exact) mass is 230 g/mol. The number of aryl methyl sites for hydroxylation is 2. The molecule has 4 nitrogen and oxygen atoms in total. The molecule has 0 saturated carbocycles. The number of nitrogens with zero attached hydrogens (tertiary/aromatic N) is 3. The Hall–Kier alpha value is -1.68. The molecule has 0 saturated heterocycles. The molecule has 0 aliphatic heterocycles. The summed E-state index contributed by atoms with van der Waals surface area (Å²) in [7, 11) is 1.90. The summed E-state index contributed by atoms with van der Waals surface area (Å²) in [6, 6.07) is 8.38. The molecule has 0 amide bonds. The lowest BCUT2D eigenvalue weighted by atomic mass is 10.1. The van der Waals surface area contributed by atoms with E-state index in [1.54, 1.807) is 4.68 Å². The quantitative estimate of drug-likeness (QED) is 0.867. The summed E-state index contributed by atoms with van der Waals surface area (Å²) in [4.78, 5) is 4.50. The Kier molecular flexibility index (Phi) is 3.54. The highest BCUT2D eigenvalue weighted by Crippen LogP contribution is 2.16. The molecule has 0 aliphatic carbocycles. The van der Waals surface area contributed by atoms with Crippen molar-refractivity contribution in [2.45, 2.75) is 19.8 Å². The third-order valence-electron chi connectivity index (χ3n) is 2.84. The number of rotatable bonds is 4. The molecule has 0 fully saturated rings. The highest BCUT2D eigenvalue weighted by molar-refractivity contribution is 5.55. The molecule has 0 aliphatic rings. The summed E-state index contributed by atoms with van der Waals surface area (Å²) in [6.07, 6.45) is 1.81. The zero-order valence-corrected chi connectivity index (χ0v) is 10.3. The van der Waals surface area contributed by atoms with E-state index in [-0.39, 0.29) is 0 Å². The van der Waals surface area contributed by atoms with Gasteiger partial charge in [0.15, 0.2) is 5.82 Å². The van der Waals surface area contributed by atoms with E-state index in [4.69, 9.17) is 5.73 Å². The van der Waals surface area contributed by atoms with Gasteiger partial charge in [-0.05, 0) is 18.5 Å². The lowest BCUT2D eigenvalue weighted by molar-refractivity contribution is 0.697. The highest BCUT2D eigenvalue weighted by Gasteiger charge is 2.08. The van der Waals surface area contributed by atoms with Crippen molar-refractivity contribution in [3.8, 4) is 11.4 Å². The first-order valence-corrected chi connectivity index (χ1v) is 5.94. The number of aromatic nitrogens is 3. The molecule has 1 aromatic heterocycles. The predicted octanol–water partition coefficient (Wildman–Crippen LogP) is 1.55. The average Bonchev–Trinajstić information content (AvgIpc) is 2.72. The van der Waals surface area contributed by atoms with Crippen LogP contribution in [-0.4, -0.2) is 21.3 Å². The van der Waals surface area contributed by atoms with Gasteiger partial charge in [-0.3, -0.25) is 4.68 Å². The molecule has 2 aromatic rings. The van der Waals surface area contributed by atoms with Crippen LogP contribution < -0.4 is 5.73 Å². The van der Waals surface area contributed by atoms with Gasteiger partial charge in [0.1, 0.15) is 5.82 Å². The number of benzene rings is 1. The Bertz CT molecular complexity index is 485. The van der Waals surface area contributed by atoms with E-state index in [1.165, 1.54) is 5.56 Å². The minimum Gasteiger partial charge on any atom is -0.330 e. The topological polar surface area (TPSA) is 56.7 Å². The summed E-state index contributed by atoms with van der Waals surface area (Å²) in [5.41, 5.74) is 7.92. The van der Waals surface area contributed by atoms with E-state index in [0.717, 1.165) is 30.1 Å². The Morgan fingerprint density at radius 3 is 2.53 bits per heavy atom. The SMILES string of the molecule is CCc1ccc(-c2nc(CCN)n(C)n2)cc1. The third-order valence-corrected chi connectivity index (χ3v) is 2.84. The lowest BCUT2D eigenvalue weighted by Gasteiger charge is -1.97. The molecule has 17 heavy (non-hydrogen) atoms. The molecular weight excluding hydrogens is 212 g/mol. The van der Waals surface area contributed by atoms with E-state index in [1.807, 2.05) is 7.05 Å². The molecule has 1 heterocycles. The van der Waals surface area contributed by atoms with Crippen LogP contribution >= 0.6 is 0 Å². The van der Waals surface area contributed by atoms with E-state index in [2.05, 4.69) is 41.3 Å². The molecule has 0 unspecified atom stereocenters. The fourth-order valence-electron chi connectivity index (χ4n) is 1.78. The normalized spacial score (nSPS) is 10.8. The van der Waals surface area contributed by atoms with Gasteiger partial charge in [0.05, 0.1) is 0 Å². The second kappa shape index (κ2) is 5.10. The fraction of sp³-hybridized carbons (Fsp3) is 0.385. The van der Waals surface area contributed by atoms with E-state index in [0.29, 0.717) is 6.54 Å². The number of nitrogens with two attached hydrogens (primary N) is 1. The van der Waals surface area contributed by atoms with E-state index in [9.17, 15) is 0 Å².